The van der Waals surface area contributed by atoms with Crippen LogP contribution in [0.15, 0.2) is 79.3 Å². The summed E-state index contributed by atoms with van der Waals surface area (Å²) in [5, 5.41) is 7.93. The van der Waals surface area contributed by atoms with Crippen LogP contribution in [0.25, 0.3) is 16.9 Å². The maximum absolute atomic E-state index is 12.8. The van der Waals surface area contributed by atoms with Crippen molar-refractivity contribution in [2.45, 2.75) is 0 Å². The molecule has 0 aliphatic carbocycles. The van der Waals surface area contributed by atoms with E-state index >= 15 is 0 Å². The average molecular weight is 376 g/mol. The number of carbonyl (C=O) groups is 1. The van der Waals surface area contributed by atoms with Gasteiger partial charge in [-0.2, -0.15) is 5.10 Å². The van der Waals surface area contributed by atoms with Gasteiger partial charge in [-0.1, -0.05) is 41.9 Å². The summed E-state index contributed by atoms with van der Waals surface area (Å²) in [7, 11) is 0. The van der Waals surface area contributed by atoms with E-state index in [1.807, 2.05) is 42.5 Å². The smallest absolute Gasteiger partial charge is 0.261 e. The van der Waals surface area contributed by atoms with Crippen molar-refractivity contribution in [1.29, 1.82) is 0 Å². The second-order valence-electron chi connectivity index (χ2n) is 5.70. The molecule has 0 saturated heterocycles. The number of para-hydroxylation sites is 1. The Labute approximate surface area is 160 Å². The van der Waals surface area contributed by atoms with Gasteiger partial charge in [0.05, 0.1) is 11.3 Å². The maximum Gasteiger partial charge on any atom is 0.261 e. The summed E-state index contributed by atoms with van der Waals surface area (Å²) in [5.74, 6) is -0.106. The highest BCUT2D eigenvalue weighted by molar-refractivity contribution is 6.30. The second-order valence-corrected chi connectivity index (χ2v) is 6.14. The number of hydrogen-bond donors (Lipinski definition) is 1. The number of carbonyl (C=O) groups excluding carboxylic acids is 1. The molecule has 4 aromatic rings. The summed E-state index contributed by atoms with van der Waals surface area (Å²) in [4.78, 5) is 20.9. The summed E-state index contributed by atoms with van der Waals surface area (Å²) >= 11 is 5.99. The van der Waals surface area contributed by atoms with Crippen LogP contribution in [0, 0.1) is 0 Å². The average Bonchev–Trinajstić information content (AvgIpc) is 3.16. The van der Waals surface area contributed by atoms with Gasteiger partial charge in [0.2, 0.25) is 5.95 Å². The first-order chi connectivity index (χ1) is 13.2. The summed E-state index contributed by atoms with van der Waals surface area (Å²) in [5.41, 5.74) is 2.59. The lowest BCUT2D eigenvalue weighted by molar-refractivity contribution is 0.102. The van der Waals surface area contributed by atoms with Crippen LogP contribution < -0.4 is 5.32 Å². The lowest BCUT2D eigenvalue weighted by Crippen LogP contribution is -2.14. The Bertz CT molecular complexity index is 1060. The topological polar surface area (TPSA) is 72.7 Å². The molecule has 0 aliphatic rings. The van der Waals surface area contributed by atoms with Crippen LogP contribution in [0.5, 0.6) is 0 Å². The molecule has 0 radical (unpaired) electrons. The zero-order chi connectivity index (χ0) is 18.6. The third-order valence-corrected chi connectivity index (χ3v) is 4.14. The fraction of sp³-hybridized carbons (Fsp3) is 0. The van der Waals surface area contributed by atoms with Crippen LogP contribution >= 0.6 is 11.6 Å². The predicted octanol–water partition coefficient (Wildman–Crippen LogP) is 4.24. The van der Waals surface area contributed by atoms with Crippen LogP contribution in [0.3, 0.4) is 0 Å². The molecule has 0 bridgehead atoms. The van der Waals surface area contributed by atoms with Crippen LogP contribution in [-0.2, 0) is 0 Å². The molecule has 27 heavy (non-hydrogen) atoms. The molecule has 4 rings (SSSR count). The van der Waals surface area contributed by atoms with E-state index in [9.17, 15) is 4.79 Å². The number of anilines is 1. The fourth-order valence-electron chi connectivity index (χ4n) is 2.61. The van der Waals surface area contributed by atoms with Gasteiger partial charge in [0, 0.05) is 29.2 Å². The van der Waals surface area contributed by atoms with Crippen molar-refractivity contribution in [2.24, 2.45) is 0 Å². The van der Waals surface area contributed by atoms with E-state index in [2.05, 4.69) is 20.4 Å². The molecular weight excluding hydrogens is 362 g/mol. The third-order valence-electron chi connectivity index (χ3n) is 3.89. The Hall–Kier alpha value is -3.51. The first-order valence-corrected chi connectivity index (χ1v) is 8.58. The third kappa shape index (κ3) is 3.70. The lowest BCUT2D eigenvalue weighted by atomic mass is 10.1. The molecule has 0 unspecified atom stereocenters. The highest BCUT2D eigenvalue weighted by atomic mass is 35.5. The zero-order valence-corrected chi connectivity index (χ0v) is 14.8. The van der Waals surface area contributed by atoms with Gasteiger partial charge in [-0.15, -0.1) is 0 Å². The van der Waals surface area contributed by atoms with E-state index in [4.69, 9.17) is 11.6 Å². The number of nitrogens with zero attached hydrogens (tertiary/aromatic N) is 4. The Morgan fingerprint density at radius 3 is 2.33 bits per heavy atom. The first kappa shape index (κ1) is 16.9. The molecule has 2 aromatic carbocycles. The summed E-state index contributed by atoms with van der Waals surface area (Å²) in [6, 6.07) is 18.5. The Kier molecular flexibility index (Phi) is 4.63. The van der Waals surface area contributed by atoms with Crippen LogP contribution in [0.4, 0.5) is 5.95 Å². The van der Waals surface area contributed by atoms with Crippen molar-refractivity contribution in [3.63, 3.8) is 0 Å². The molecule has 0 fully saturated rings. The van der Waals surface area contributed by atoms with Crippen molar-refractivity contribution in [3.8, 4) is 16.9 Å². The molecule has 1 N–H and O–H groups in total. The number of nitrogens with one attached hydrogen (secondary N) is 1. The number of halogens is 1. The minimum absolute atomic E-state index is 0.233. The molecule has 1 amide bonds. The SMILES string of the molecule is O=C(Nc1ncccn1)c1cn(-c2ccccc2)nc1-c1ccc(Cl)cc1. The zero-order valence-electron chi connectivity index (χ0n) is 14.1. The van der Waals surface area contributed by atoms with Gasteiger partial charge in [0.15, 0.2) is 0 Å². The Balaban J connectivity index is 1.77. The van der Waals surface area contributed by atoms with Gasteiger partial charge in [-0.25, -0.2) is 14.6 Å². The number of rotatable bonds is 4. The number of hydrogen-bond acceptors (Lipinski definition) is 4. The normalized spacial score (nSPS) is 10.6. The molecule has 2 heterocycles. The minimum Gasteiger partial charge on any atom is -0.290 e. The van der Waals surface area contributed by atoms with Crippen LogP contribution in [0.2, 0.25) is 5.02 Å². The Morgan fingerprint density at radius 2 is 1.63 bits per heavy atom. The predicted molar refractivity (Wildman–Crippen MR) is 104 cm³/mol. The molecule has 132 valence electrons. The van der Waals surface area contributed by atoms with Gasteiger partial charge >= 0.3 is 0 Å². The summed E-state index contributed by atoms with van der Waals surface area (Å²) < 4.78 is 1.67. The number of benzene rings is 2. The van der Waals surface area contributed by atoms with Crippen molar-refractivity contribution in [3.05, 3.63) is 89.8 Å². The van der Waals surface area contributed by atoms with Crippen LogP contribution in [0.1, 0.15) is 10.4 Å². The molecular formula is C20H14ClN5O. The molecule has 0 saturated carbocycles. The standard InChI is InChI=1S/C20H14ClN5O/c21-15-9-7-14(8-10-15)18-17(19(27)24-20-22-11-4-12-23-20)13-26(25-18)16-5-2-1-3-6-16/h1-13H,(H,22,23,24,27). The molecule has 0 atom stereocenters. The van der Waals surface area contributed by atoms with Crippen molar-refractivity contribution in [2.75, 3.05) is 5.32 Å². The fourth-order valence-corrected chi connectivity index (χ4v) is 2.73. The highest BCUT2D eigenvalue weighted by Gasteiger charge is 2.19. The van der Waals surface area contributed by atoms with Gasteiger partial charge in [0.1, 0.15) is 5.69 Å². The largest absolute Gasteiger partial charge is 0.290 e. The van der Waals surface area contributed by atoms with Gasteiger partial charge in [0.25, 0.3) is 5.91 Å². The number of aromatic nitrogens is 4. The Morgan fingerprint density at radius 1 is 0.926 bits per heavy atom. The van der Waals surface area contributed by atoms with E-state index in [1.165, 1.54) is 0 Å². The van der Waals surface area contributed by atoms with E-state index < -0.39 is 0 Å². The van der Waals surface area contributed by atoms with Crippen molar-refractivity contribution >= 4 is 23.5 Å². The maximum atomic E-state index is 12.8. The number of amides is 1. The molecule has 7 heteroatoms. The summed E-state index contributed by atoms with van der Waals surface area (Å²) in [6.07, 6.45) is 4.82. The quantitative estimate of drug-likeness (QED) is 0.579. The van der Waals surface area contributed by atoms with E-state index in [0.717, 1.165) is 11.3 Å². The molecule has 2 aromatic heterocycles. The highest BCUT2D eigenvalue weighted by Crippen LogP contribution is 2.25. The molecule has 6 nitrogen and oxygen atoms in total. The van der Waals surface area contributed by atoms with Crippen molar-refractivity contribution in [1.82, 2.24) is 19.7 Å². The molecule has 0 spiro atoms. The summed E-state index contributed by atoms with van der Waals surface area (Å²) in [6.45, 7) is 0. The van der Waals surface area contributed by atoms with Crippen molar-refractivity contribution < 1.29 is 4.79 Å². The molecule has 0 aliphatic heterocycles. The second kappa shape index (κ2) is 7.39. The van der Waals surface area contributed by atoms with Crippen LogP contribution in [-0.4, -0.2) is 25.7 Å². The van der Waals surface area contributed by atoms with Gasteiger partial charge in [-0.05, 0) is 30.3 Å². The monoisotopic (exact) mass is 375 g/mol. The lowest BCUT2D eigenvalue weighted by Gasteiger charge is -2.03. The minimum atomic E-state index is -0.340. The van der Waals surface area contributed by atoms with Gasteiger partial charge in [-0.3, -0.25) is 10.1 Å². The first-order valence-electron chi connectivity index (χ1n) is 8.20. The van der Waals surface area contributed by atoms with Gasteiger partial charge < -0.3 is 0 Å². The van der Waals surface area contributed by atoms with E-state index in [0.29, 0.717) is 16.3 Å². The van der Waals surface area contributed by atoms with E-state index in [1.54, 1.807) is 41.5 Å². The van der Waals surface area contributed by atoms with E-state index in [-0.39, 0.29) is 11.9 Å².